The van der Waals surface area contributed by atoms with Gasteiger partial charge in [-0.1, -0.05) is 25.3 Å². The SMILES string of the molecule is C=CCOC(=O)O[C@H]1[C@@H](OC(=O)Nc2ccc3c(c2)OCO3)[C@@H](CO)O[C@H](OC)[C@@H]1OC(=O)OCC=C. The Morgan fingerprint density at radius 3 is 2.27 bits per heavy atom. The summed E-state index contributed by atoms with van der Waals surface area (Å²) in [5, 5.41) is 12.4. The van der Waals surface area contributed by atoms with E-state index >= 15 is 0 Å². The highest BCUT2D eigenvalue weighted by atomic mass is 16.8. The second-order valence-corrected chi connectivity index (χ2v) is 7.39. The fraction of sp³-hybridized carbons (Fsp3) is 0.435. The van der Waals surface area contributed by atoms with E-state index in [0.29, 0.717) is 17.2 Å². The molecule has 5 atom stereocenters. The molecule has 202 valence electrons. The van der Waals surface area contributed by atoms with Crippen molar-refractivity contribution >= 4 is 24.1 Å². The third kappa shape index (κ3) is 7.25. The van der Waals surface area contributed by atoms with Crippen LogP contribution in [0, 0.1) is 0 Å². The zero-order valence-corrected chi connectivity index (χ0v) is 19.9. The highest BCUT2D eigenvalue weighted by Crippen LogP contribution is 2.34. The van der Waals surface area contributed by atoms with Gasteiger partial charge in [-0.3, -0.25) is 5.32 Å². The average molecular weight is 525 g/mol. The van der Waals surface area contributed by atoms with E-state index in [1.807, 2.05) is 0 Å². The molecule has 2 aliphatic heterocycles. The quantitative estimate of drug-likeness (QED) is 0.259. The van der Waals surface area contributed by atoms with Crippen molar-refractivity contribution in [2.75, 3.05) is 39.0 Å². The number of carbonyl (C=O) groups excluding carboxylic acids is 3. The van der Waals surface area contributed by atoms with Crippen molar-refractivity contribution in [2.24, 2.45) is 0 Å². The lowest BCUT2D eigenvalue weighted by Gasteiger charge is -2.43. The number of anilines is 1. The molecule has 37 heavy (non-hydrogen) atoms. The largest absolute Gasteiger partial charge is 0.509 e. The van der Waals surface area contributed by atoms with Gasteiger partial charge in [-0.2, -0.15) is 0 Å². The molecule has 14 nitrogen and oxygen atoms in total. The van der Waals surface area contributed by atoms with Crippen LogP contribution < -0.4 is 14.8 Å². The second-order valence-electron chi connectivity index (χ2n) is 7.39. The summed E-state index contributed by atoms with van der Waals surface area (Å²) >= 11 is 0. The van der Waals surface area contributed by atoms with Crippen molar-refractivity contribution < 1.29 is 62.1 Å². The van der Waals surface area contributed by atoms with Crippen molar-refractivity contribution in [3.8, 4) is 11.5 Å². The minimum atomic E-state index is -1.55. The van der Waals surface area contributed by atoms with Crippen LogP contribution in [0.5, 0.6) is 11.5 Å². The second kappa shape index (κ2) is 13.3. The number of methoxy groups -OCH3 is 1. The molecule has 2 aliphatic rings. The number of nitrogens with one attached hydrogen (secondary N) is 1. The summed E-state index contributed by atoms with van der Waals surface area (Å²) < 4.78 is 47.0. The van der Waals surface area contributed by atoms with Gasteiger partial charge in [-0.15, -0.1) is 0 Å². The van der Waals surface area contributed by atoms with Crippen LogP contribution in [0.2, 0.25) is 0 Å². The zero-order valence-electron chi connectivity index (χ0n) is 19.9. The third-order valence-electron chi connectivity index (χ3n) is 4.97. The number of hydrogen-bond donors (Lipinski definition) is 2. The van der Waals surface area contributed by atoms with E-state index in [0.717, 1.165) is 0 Å². The smallest absolute Gasteiger partial charge is 0.454 e. The maximum Gasteiger partial charge on any atom is 0.509 e. The summed E-state index contributed by atoms with van der Waals surface area (Å²) in [5.74, 6) is 0.910. The fourth-order valence-corrected chi connectivity index (χ4v) is 3.41. The molecule has 0 bridgehead atoms. The molecule has 0 aliphatic carbocycles. The molecular formula is C23H27NO13. The molecule has 14 heteroatoms. The molecule has 3 rings (SSSR count). The fourth-order valence-electron chi connectivity index (χ4n) is 3.41. The predicted octanol–water partition coefficient (Wildman–Crippen LogP) is 2.11. The van der Waals surface area contributed by atoms with Crippen molar-refractivity contribution in [2.45, 2.75) is 30.7 Å². The van der Waals surface area contributed by atoms with Gasteiger partial charge >= 0.3 is 18.4 Å². The molecular weight excluding hydrogens is 498 g/mol. The number of ether oxygens (including phenoxy) is 9. The number of rotatable bonds is 10. The van der Waals surface area contributed by atoms with Crippen LogP contribution in [0.1, 0.15) is 0 Å². The highest BCUT2D eigenvalue weighted by Gasteiger charge is 2.53. The van der Waals surface area contributed by atoms with Gasteiger partial charge < -0.3 is 47.7 Å². The normalized spacial score (nSPS) is 23.8. The molecule has 0 radical (unpaired) electrons. The first kappa shape index (κ1) is 27.6. The molecule has 0 unspecified atom stereocenters. The molecule has 1 aromatic rings. The lowest BCUT2D eigenvalue weighted by molar-refractivity contribution is -0.295. The van der Waals surface area contributed by atoms with E-state index in [-0.39, 0.29) is 20.0 Å². The summed E-state index contributed by atoms with van der Waals surface area (Å²) in [4.78, 5) is 37.2. The molecule has 0 aromatic heterocycles. The van der Waals surface area contributed by atoms with Crippen molar-refractivity contribution in [3.05, 3.63) is 43.5 Å². The van der Waals surface area contributed by atoms with Crippen LogP contribution in [-0.2, 0) is 33.2 Å². The van der Waals surface area contributed by atoms with E-state index in [4.69, 9.17) is 42.6 Å². The molecule has 0 spiro atoms. The molecule has 2 N–H and O–H groups in total. The summed E-state index contributed by atoms with van der Waals surface area (Å²) in [5.41, 5.74) is 0.296. The van der Waals surface area contributed by atoms with Gasteiger partial charge in [0.15, 0.2) is 36.1 Å². The summed E-state index contributed by atoms with van der Waals surface area (Å²) in [6, 6.07) is 4.63. The van der Waals surface area contributed by atoms with Gasteiger partial charge in [-0.25, -0.2) is 14.4 Å². The maximum absolute atomic E-state index is 12.8. The Bertz CT molecular complexity index is 983. The van der Waals surface area contributed by atoms with Crippen LogP contribution in [0.15, 0.2) is 43.5 Å². The molecule has 1 fully saturated rings. The first-order valence-electron chi connectivity index (χ1n) is 10.9. The number of aliphatic hydroxyl groups excluding tert-OH is 1. The van der Waals surface area contributed by atoms with Crippen LogP contribution in [0.4, 0.5) is 20.1 Å². The Morgan fingerprint density at radius 2 is 1.65 bits per heavy atom. The number of benzene rings is 1. The van der Waals surface area contributed by atoms with Gasteiger partial charge in [0.05, 0.1) is 6.61 Å². The van der Waals surface area contributed by atoms with E-state index in [9.17, 15) is 19.5 Å². The summed E-state index contributed by atoms with van der Waals surface area (Å²) in [6.07, 6.45) is -7.91. The maximum atomic E-state index is 12.8. The predicted molar refractivity (Wildman–Crippen MR) is 122 cm³/mol. The van der Waals surface area contributed by atoms with Gasteiger partial charge in [0.25, 0.3) is 0 Å². The van der Waals surface area contributed by atoms with Crippen molar-refractivity contribution in [1.82, 2.24) is 0 Å². The van der Waals surface area contributed by atoms with Crippen LogP contribution in [-0.4, -0.2) is 87.9 Å². The Morgan fingerprint density at radius 1 is 1.00 bits per heavy atom. The van der Waals surface area contributed by atoms with E-state index in [1.165, 1.54) is 25.3 Å². The first-order chi connectivity index (χ1) is 17.9. The topological polar surface area (TPSA) is 167 Å². The first-order valence-corrected chi connectivity index (χ1v) is 10.9. The monoisotopic (exact) mass is 525 g/mol. The van der Waals surface area contributed by atoms with E-state index in [2.05, 4.69) is 18.5 Å². The Labute approximate surface area is 211 Å². The number of fused-ring (bicyclic) bond motifs is 1. The number of amides is 1. The molecule has 2 heterocycles. The number of carbonyl (C=O) groups is 3. The molecule has 1 saturated heterocycles. The Hall–Kier alpha value is -4.01. The van der Waals surface area contributed by atoms with E-state index < -0.39 is 55.7 Å². The van der Waals surface area contributed by atoms with Crippen LogP contribution in [0.25, 0.3) is 0 Å². The number of aliphatic hydroxyl groups is 1. The minimum Gasteiger partial charge on any atom is -0.454 e. The van der Waals surface area contributed by atoms with Crippen LogP contribution >= 0.6 is 0 Å². The average Bonchev–Trinajstić information content (AvgIpc) is 3.36. The van der Waals surface area contributed by atoms with Crippen molar-refractivity contribution in [1.29, 1.82) is 0 Å². The molecule has 1 aromatic carbocycles. The highest BCUT2D eigenvalue weighted by molar-refractivity contribution is 5.85. The van der Waals surface area contributed by atoms with Crippen LogP contribution in [0.3, 0.4) is 0 Å². The third-order valence-corrected chi connectivity index (χ3v) is 4.97. The summed E-state index contributed by atoms with van der Waals surface area (Å²) in [6.45, 7) is 5.86. The summed E-state index contributed by atoms with van der Waals surface area (Å²) in [7, 11) is 1.23. The zero-order chi connectivity index (χ0) is 26.8. The molecule has 1 amide bonds. The number of hydrogen-bond acceptors (Lipinski definition) is 13. The van der Waals surface area contributed by atoms with E-state index in [1.54, 1.807) is 12.1 Å². The molecule has 0 saturated carbocycles. The Kier molecular flexibility index (Phi) is 9.94. The standard InChI is InChI=1S/C23H27NO13/c1-4-8-30-22(27)36-18-17(35-21(26)24-13-6-7-14-15(10-13)33-12-32-14)16(11-25)34-20(29-3)19(18)37-23(28)31-9-5-2/h4-7,10,16-20,25H,1-2,8-9,11-12H2,3H3,(H,24,26)/t16-,17+,18+,19-,20+/m1/s1. The lowest BCUT2D eigenvalue weighted by Crippen LogP contribution is -2.63. The lowest BCUT2D eigenvalue weighted by atomic mass is 9.98. The van der Waals surface area contributed by atoms with Gasteiger partial charge in [0.1, 0.15) is 19.3 Å². The van der Waals surface area contributed by atoms with Gasteiger partial charge in [-0.05, 0) is 12.1 Å². The van der Waals surface area contributed by atoms with Gasteiger partial charge in [0.2, 0.25) is 6.79 Å². The Balaban J connectivity index is 1.82. The minimum absolute atomic E-state index is 0.0408. The van der Waals surface area contributed by atoms with Gasteiger partial charge in [0, 0.05) is 18.9 Å². The van der Waals surface area contributed by atoms with Crippen molar-refractivity contribution in [3.63, 3.8) is 0 Å².